The van der Waals surface area contributed by atoms with E-state index in [0.29, 0.717) is 49.5 Å². The molecule has 0 radical (unpaired) electrons. The number of aromatic nitrogens is 1. The number of carbonyl (C=O) groups excluding carboxylic acids is 2. The van der Waals surface area contributed by atoms with Crippen LogP contribution in [0.2, 0.25) is 0 Å². The monoisotopic (exact) mass is 429 g/mol. The number of furan rings is 2. The first kappa shape index (κ1) is 20.1. The van der Waals surface area contributed by atoms with Crippen molar-refractivity contribution in [3.8, 4) is 11.5 Å². The van der Waals surface area contributed by atoms with Crippen molar-refractivity contribution in [1.82, 2.24) is 15.2 Å². The molecule has 0 saturated carbocycles. The van der Waals surface area contributed by atoms with Crippen molar-refractivity contribution in [2.75, 3.05) is 13.1 Å². The second kappa shape index (κ2) is 8.70. The number of benzene rings is 1. The molecule has 2 amide bonds. The Morgan fingerprint density at radius 2 is 1.78 bits per heavy atom. The summed E-state index contributed by atoms with van der Waals surface area (Å²) in [5.41, 5.74) is 1.98. The number of piperidine rings is 1. The highest BCUT2D eigenvalue weighted by Crippen LogP contribution is 2.27. The third-order valence-corrected chi connectivity index (χ3v) is 5.89. The van der Waals surface area contributed by atoms with Crippen LogP contribution < -0.4 is 5.32 Å². The average Bonchev–Trinajstić information content (AvgIpc) is 3.56. The van der Waals surface area contributed by atoms with Gasteiger partial charge in [-0.25, -0.2) is 4.98 Å². The first-order valence-corrected chi connectivity index (χ1v) is 10.7. The Labute approximate surface area is 185 Å². The van der Waals surface area contributed by atoms with Gasteiger partial charge in [-0.1, -0.05) is 18.2 Å². The van der Waals surface area contributed by atoms with Gasteiger partial charge in [0.05, 0.1) is 30.2 Å². The number of para-hydroxylation sites is 1. The van der Waals surface area contributed by atoms with Crippen LogP contribution in [-0.4, -0.2) is 34.8 Å². The molecule has 7 nitrogen and oxygen atoms in total. The Bertz CT molecular complexity index is 1220. The van der Waals surface area contributed by atoms with Crippen molar-refractivity contribution in [3.05, 3.63) is 78.4 Å². The summed E-state index contributed by atoms with van der Waals surface area (Å²) >= 11 is 0. The summed E-state index contributed by atoms with van der Waals surface area (Å²) in [6, 6.07) is 16.7. The van der Waals surface area contributed by atoms with E-state index >= 15 is 0 Å². The topological polar surface area (TPSA) is 88.6 Å². The lowest BCUT2D eigenvalue weighted by Gasteiger charge is -2.31. The Hall–Kier alpha value is -3.87. The molecule has 1 aliphatic heterocycles. The quantitative estimate of drug-likeness (QED) is 0.512. The maximum absolute atomic E-state index is 13.4. The number of nitrogens with one attached hydrogen (secondary N) is 1. The van der Waals surface area contributed by atoms with Crippen molar-refractivity contribution >= 4 is 22.7 Å². The highest BCUT2D eigenvalue weighted by Gasteiger charge is 2.29. The van der Waals surface area contributed by atoms with Gasteiger partial charge < -0.3 is 19.1 Å². The molecular formula is C25H23N3O4. The third kappa shape index (κ3) is 4.01. The van der Waals surface area contributed by atoms with E-state index in [4.69, 9.17) is 8.83 Å². The van der Waals surface area contributed by atoms with Gasteiger partial charge in [-0.3, -0.25) is 9.59 Å². The molecule has 32 heavy (non-hydrogen) atoms. The minimum absolute atomic E-state index is 0.00275. The van der Waals surface area contributed by atoms with Crippen molar-refractivity contribution in [1.29, 1.82) is 0 Å². The molecule has 7 heteroatoms. The molecule has 1 aliphatic rings. The summed E-state index contributed by atoms with van der Waals surface area (Å²) < 4.78 is 10.8. The van der Waals surface area contributed by atoms with Gasteiger partial charge in [0.1, 0.15) is 11.5 Å². The molecule has 0 aliphatic carbocycles. The molecule has 162 valence electrons. The van der Waals surface area contributed by atoms with Crippen LogP contribution in [0.1, 0.15) is 29.0 Å². The van der Waals surface area contributed by atoms with Crippen LogP contribution >= 0.6 is 0 Å². The Morgan fingerprint density at radius 1 is 1.00 bits per heavy atom. The molecule has 1 aromatic carbocycles. The number of rotatable bonds is 5. The zero-order valence-corrected chi connectivity index (χ0v) is 17.5. The number of nitrogens with zero attached hydrogens (tertiary/aromatic N) is 2. The second-order valence-electron chi connectivity index (χ2n) is 7.91. The Kier molecular flexibility index (Phi) is 5.46. The number of fused-ring (bicyclic) bond motifs is 1. The predicted octanol–water partition coefficient (Wildman–Crippen LogP) is 4.26. The Morgan fingerprint density at radius 3 is 2.53 bits per heavy atom. The largest absolute Gasteiger partial charge is 0.467 e. The fraction of sp³-hybridized carbons (Fsp3) is 0.240. The third-order valence-electron chi connectivity index (χ3n) is 5.89. The smallest absolute Gasteiger partial charge is 0.254 e. The van der Waals surface area contributed by atoms with Crippen LogP contribution in [0.15, 0.2) is 76.0 Å². The van der Waals surface area contributed by atoms with Crippen LogP contribution in [0.3, 0.4) is 0 Å². The SMILES string of the molecule is O=C(NCc1ccco1)C1CCN(C(=O)c2cc(-c3ccco3)nc3ccccc23)CC1. The van der Waals surface area contributed by atoms with E-state index in [9.17, 15) is 9.59 Å². The molecule has 0 unspecified atom stereocenters. The summed E-state index contributed by atoms with van der Waals surface area (Å²) in [6.07, 6.45) is 4.44. The van der Waals surface area contributed by atoms with E-state index in [1.807, 2.05) is 41.3 Å². The second-order valence-corrected chi connectivity index (χ2v) is 7.91. The van der Waals surface area contributed by atoms with E-state index in [1.165, 1.54) is 0 Å². The highest BCUT2D eigenvalue weighted by atomic mass is 16.3. The summed E-state index contributed by atoms with van der Waals surface area (Å²) in [7, 11) is 0. The van der Waals surface area contributed by atoms with Crippen LogP contribution in [-0.2, 0) is 11.3 Å². The molecule has 0 spiro atoms. The molecule has 3 aromatic heterocycles. The average molecular weight is 429 g/mol. The first-order valence-electron chi connectivity index (χ1n) is 10.7. The minimum Gasteiger partial charge on any atom is -0.467 e. The van der Waals surface area contributed by atoms with Crippen molar-refractivity contribution < 1.29 is 18.4 Å². The summed E-state index contributed by atoms with van der Waals surface area (Å²) in [6.45, 7) is 1.44. The maximum atomic E-state index is 13.4. The molecule has 1 N–H and O–H groups in total. The maximum Gasteiger partial charge on any atom is 0.254 e. The van der Waals surface area contributed by atoms with Gasteiger partial charge in [-0.05, 0) is 49.2 Å². The lowest BCUT2D eigenvalue weighted by atomic mass is 9.95. The van der Waals surface area contributed by atoms with E-state index in [1.54, 1.807) is 30.7 Å². The summed E-state index contributed by atoms with van der Waals surface area (Å²) in [5.74, 6) is 1.19. The summed E-state index contributed by atoms with van der Waals surface area (Å²) in [5, 5.41) is 3.73. The minimum atomic E-state index is -0.109. The fourth-order valence-corrected chi connectivity index (χ4v) is 4.15. The molecule has 1 fully saturated rings. The van der Waals surface area contributed by atoms with E-state index in [0.717, 1.165) is 16.7 Å². The number of carbonyl (C=O) groups is 2. The van der Waals surface area contributed by atoms with Crippen LogP contribution in [0.5, 0.6) is 0 Å². The van der Waals surface area contributed by atoms with Crippen LogP contribution in [0.25, 0.3) is 22.4 Å². The molecule has 4 heterocycles. The van der Waals surface area contributed by atoms with Gasteiger partial charge in [0.2, 0.25) is 5.91 Å². The number of hydrogen-bond acceptors (Lipinski definition) is 5. The molecule has 0 atom stereocenters. The highest BCUT2D eigenvalue weighted by molar-refractivity contribution is 6.07. The standard InChI is InChI=1S/C25H23N3O4/c29-24(26-16-18-5-3-13-31-18)17-9-11-28(12-10-17)25(30)20-15-22(23-8-4-14-32-23)27-21-7-2-1-6-19(20)21/h1-8,13-15,17H,9-12,16H2,(H,26,29). The van der Waals surface area contributed by atoms with Gasteiger partial charge in [0.15, 0.2) is 5.76 Å². The number of likely N-dealkylation sites (tertiary alicyclic amines) is 1. The van der Waals surface area contributed by atoms with Gasteiger partial charge in [0.25, 0.3) is 5.91 Å². The number of amides is 2. The summed E-state index contributed by atoms with van der Waals surface area (Å²) in [4.78, 5) is 32.4. The lowest BCUT2D eigenvalue weighted by Crippen LogP contribution is -2.43. The van der Waals surface area contributed by atoms with Crippen LogP contribution in [0.4, 0.5) is 0 Å². The van der Waals surface area contributed by atoms with Gasteiger partial charge in [0, 0.05) is 24.4 Å². The molecule has 0 bridgehead atoms. The Balaban J connectivity index is 1.30. The predicted molar refractivity (Wildman–Crippen MR) is 119 cm³/mol. The number of pyridine rings is 1. The molecule has 4 aromatic rings. The lowest BCUT2D eigenvalue weighted by molar-refractivity contribution is -0.126. The molecular weight excluding hydrogens is 406 g/mol. The van der Waals surface area contributed by atoms with E-state index in [2.05, 4.69) is 10.3 Å². The van der Waals surface area contributed by atoms with Gasteiger partial charge in [-0.15, -0.1) is 0 Å². The van der Waals surface area contributed by atoms with Gasteiger partial charge >= 0.3 is 0 Å². The van der Waals surface area contributed by atoms with E-state index in [-0.39, 0.29) is 17.7 Å². The van der Waals surface area contributed by atoms with Crippen molar-refractivity contribution in [2.45, 2.75) is 19.4 Å². The zero-order chi connectivity index (χ0) is 21.9. The molecule has 5 rings (SSSR count). The first-order chi connectivity index (χ1) is 15.7. The zero-order valence-electron chi connectivity index (χ0n) is 17.5. The fourth-order valence-electron chi connectivity index (χ4n) is 4.15. The van der Waals surface area contributed by atoms with Crippen LogP contribution in [0, 0.1) is 5.92 Å². The van der Waals surface area contributed by atoms with Crippen molar-refractivity contribution in [2.24, 2.45) is 5.92 Å². The number of hydrogen-bond donors (Lipinski definition) is 1. The normalized spacial score (nSPS) is 14.6. The van der Waals surface area contributed by atoms with Crippen molar-refractivity contribution in [3.63, 3.8) is 0 Å². The molecule has 1 saturated heterocycles. The van der Waals surface area contributed by atoms with Gasteiger partial charge in [-0.2, -0.15) is 0 Å². The van der Waals surface area contributed by atoms with E-state index < -0.39 is 0 Å².